The van der Waals surface area contributed by atoms with Gasteiger partial charge >= 0.3 is 0 Å². The molecule has 3 fully saturated rings. The zero-order valence-corrected chi connectivity index (χ0v) is 15.4. The summed E-state index contributed by atoms with van der Waals surface area (Å²) in [5.74, 6) is 1.89. The van der Waals surface area contributed by atoms with Crippen LogP contribution >= 0.6 is 0 Å². The maximum atomic E-state index is 12.4. The number of piperazine rings is 1. The number of likely N-dealkylation sites (tertiary alicyclic amines) is 1. The predicted octanol–water partition coefficient (Wildman–Crippen LogP) is 1.68. The summed E-state index contributed by atoms with van der Waals surface area (Å²) in [6.07, 6.45) is 5.62. The summed E-state index contributed by atoms with van der Waals surface area (Å²) in [5.41, 5.74) is 0. The van der Waals surface area contributed by atoms with Gasteiger partial charge in [-0.1, -0.05) is 6.92 Å². The first-order valence-corrected chi connectivity index (χ1v) is 10.0. The molecule has 0 N–H and O–H groups in total. The van der Waals surface area contributed by atoms with Crippen LogP contribution in [0.5, 0.6) is 0 Å². The Morgan fingerprint density at radius 2 is 1.71 bits per heavy atom. The number of rotatable bonds is 6. The van der Waals surface area contributed by atoms with Crippen molar-refractivity contribution in [1.29, 1.82) is 0 Å². The van der Waals surface area contributed by atoms with Crippen molar-refractivity contribution in [2.45, 2.75) is 39.0 Å². The monoisotopic (exact) mass is 337 g/mol. The second-order valence-corrected chi connectivity index (χ2v) is 7.83. The van der Waals surface area contributed by atoms with Crippen molar-refractivity contribution < 1.29 is 9.53 Å². The van der Waals surface area contributed by atoms with Crippen molar-refractivity contribution in [1.82, 2.24) is 14.7 Å². The molecule has 24 heavy (non-hydrogen) atoms. The van der Waals surface area contributed by atoms with Gasteiger partial charge in [0, 0.05) is 45.8 Å². The molecule has 0 radical (unpaired) electrons. The summed E-state index contributed by atoms with van der Waals surface area (Å²) in [5, 5.41) is 0. The highest BCUT2D eigenvalue weighted by atomic mass is 16.5. The first-order chi connectivity index (χ1) is 11.7. The van der Waals surface area contributed by atoms with Gasteiger partial charge in [0.25, 0.3) is 0 Å². The van der Waals surface area contributed by atoms with Crippen molar-refractivity contribution in [2.75, 3.05) is 65.6 Å². The summed E-state index contributed by atoms with van der Waals surface area (Å²) in [6.45, 7) is 12.8. The number of nitrogens with zero attached hydrogens (tertiary/aromatic N) is 3. The van der Waals surface area contributed by atoms with Crippen LogP contribution in [-0.2, 0) is 9.53 Å². The van der Waals surface area contributed by atoms with Gasteiger partial charge in [-0.2, -0.15) is 0 Å². The summed E-state index contributed by atoms with van der Waals surface area (Å²) in [4.78, 5) is 19.5. The van der Waals surface area contributed by atoms with Crippen molar-refractivity contribution in [3.63, 3.8) is 0 Å². The van der Waals surface area contributed by atoms with Gasteiger partial charge in [-0.3, -0.25) is 4.79 Å². The third kappa shape index (κ3) is 5.17. The van der Waals surface area contributed by atoms with Gasteiger partial charge in [-0.15, -0.1) is 0 Å². The average molecular weight is 338 g/mol. The highest BCUT2D eigenvalue weighted by Gasteiger charge is 2.25. The van der Waals surface area contributed by atoms with Crippen LogP contribution in [0.1, 0.15) is 39.0 Å². The molecular weight excluding hydrogens is 302 g/mol. The predicted molar refractivity (Wildman–Crippen MR) is 96.0 cm³/mol. The molecule has 5 nitrogen and oxygen atoms in total. The van der Waals surface area contributed by atoms with Crippen LogP contribution in [0.4, 0.5) is 0 Å². The normalized spacial score (nSPS) is 27.7. The number of hydrogen-bond donors (Lipinski definition) is 0. The fraction of sp³-hybridized carbons (Fsp3) is 0.947. The first kappa shape index (κ1) is 18.2. The molecule has 3 aliphatic heterocycles. The first-order valence-electron chi connectivity index (χ1n) is 10.0. The Balaban J connectivity index is 1.29. The lowest BCUT2D eigenvalue weighted by Gasteiger charge is -2.35. The van der Waals surface area contributed by atoms with E-state index in [1.54, 1.807) is 0 Å². The molecule has 0 aromatic carbocycles. The molecule has 0 aromatic heterocycles. The number of likely N-dealkylation sites (N-methyl/N-ethyl adjacent to an activating group) is 1. The number of ether oxygens (including phenoxy) is 1. The van der Waals surface area contributed by atoms with Crippen molar-refractivity contribution in [3.8, 4) is 0 Å². The Labute approximate surface area is 147 Å². The van der Waals surface area contributed by atoms with E-state index in [2.05, 4.69) is 21.6 Å². The molecule has 138 valence electrons. The van der Waals surface area contributed by atoms with Crippen molar-refractivity contribution in [2.24, 2.45) is 11.8 Å². The molecule has 3 saturated heterocycles. The van der Waals surface area contributed by atoms with E-state index in [1.165, 1.54) is 38.9 Å². The number of carbonyl (C=O) groups is 1. The van der Waals surface area contributed by atoms with Crippen LogP contribution in [0.2, 0.25) is 0 Å². The minimum Gasteiger partial charge on any atom is -0.381 e. The van der Waals surface area contributed by atoms with Gasteiger partial charge in [-0.05, 0) is 57.2 Å². The summed E-state index contributed by atoms with van der Waals surface area (Å²) < 4.78 is 5.48. The SMILES string of the molecule is CCN1CCN(C(=O)CCC2CCN(CC3CCOC3)CC2)CC1. The summed E-state index contributed by atoms with van der Waals surface area (Å²) in [7, 11) is 0. The zero-order valence-electron chi connectivity index (χ0n) is 15.4. The smallest absolute Gasteiger partial charge is 0.222 e. The highest BCUT2D eigenvalue weighted by molar-refractivity contribution is 5.76. The second-order valence-electron chi connectivity index (χ2n) is 7.83. The number of carbonyl (C=O) groups excluding carboxylic acids is 1. The van der Waals surface area contributed by atoms with E-state index in [0.29, 0.717) is 5.91 Å². The fourth-order valence-corrected chi connectivity index (χ4v) is 4.35. The molecule has 1 atom stereocenters. The summed E-state index contributed by atoms with van der Waals surface area (Å²) in [6, 6.07) is 0. The number of piperidine rings is 1. The molecule has 1 unspecified atom stereocenters. The molecule has 3 heterocycles. The van der Waals surface area contributed by atoms with E-state index >= 15 is 0 Å². The van der Waals surface area contributed by atoms with E-state index in [-0.39, 0.29) is 0 Å². The minimum absolute atomic E-state index is 0.385. The minimum atomic E-state index is 0.385. The van der Waals surface area contributed by atoms with Crippen LogP contribution in [0.15, 0.2) is 0 Å². The van der Waals surface area contributed by atoms with E-state index in [0.717, 1.165) is 70.6 Å². The lowest BCUT2D eigenvalue weighted by Crippen LogP contribution is -2.48. The highest BCUT2D eigenvalue weighted by Crippen LogP contribution is 2.24. The largest absolute Gasteiger partial charge is 0.381 e. The van der Waals surface area contributed by atoms with Crippen molar-refractivity contribution in [3.05, 3.63) is 0 Å². The quantitative estimate of drug-likeness (QED) is 0.739. The van der Waals surface area contributed by atoms with E-state index in [9.17, 15) is 4.79 Å². The number of hydrogen-bond acceptors (Lipinski definition) is 4. The Morgan fingerprint density at radius 1 is 0.958 bits per heavy atom. The maximum Gasteiger partial charge on any atom is 0.222 e. The average Bonchev–Trinajstić information content (AvgIpc) is 3.14. The standard InChI is InChI=1S/C19H35N3O2/c1-2-20-10-12-22(13-11-20)19(23)4-3-17-5-8-21(9-6-17)15-18-7-14-24-16-18/h17-18H,2-16H2,1H3. The lowest BCUT2D eigenvalue weighted by atomic mass is 9.91. The maximum absolute atomic E-state index is 12.4. The van der Waals surface area contributed by atoms with Gasteiger partial charge in [0.1, 0.15) is 0 Å². The summed E-state index contributed by atoms with van der Waals surface area (Å²) >= 11 is 0. The van der Waals surface area contributed by atoms with Crippen LogP contribution in [0, 0.1) is 11.8 Å². The molecule has 3 rings (SSSR count). The third-order valence-corrected chi connectivity index (χ3v) is 6.19. The van der Waals surface area contributed by atoms with Gasteiger partial charge in [0.15, 0.2) is 0 Å². The Kier molecular flexibility index (Phi) is 6.93. The van der Waals surface area contributed by atoms with Gasteiger partial charge in [-0.25, -0.2) is 0 Å². The number of amides is 1. The Morgan fingerprint density at radius 3 is 2.33 bits per heavy atom. The molecule has 0 saturated carbocycles. The molecule has 3 aliphatic rings. The molecule has 5 heteroatoms. The second kappa shape index (κ2) is 9.16. The van der Waals surface area contributed by atoms with E-state index in [4.69, 9.17) is 4.74 Å². The molecule has 0 aromatic rings. The van der Waals surface area contributed by atoms with Crippen molar-refractivity contribution >= 4 is 5.91 Å². The molecule has 1 amide bonds. The van der Waals surface area contributed by atoms with Gasteiger partial charge in [0.2, 0.25) is 5.91 Å². The van der Waals surface area contributed by atoms with Crippen LogP contribution in [0.25, 0.3) is 0 Å². The zero-order chi connectivity index (χ0) is 16.8. The van der Waals surface area contributed by atoms with Crippen LogP contribution < -0.4 is 0 Å². The molecule has 0 aliphatic carbocycles. The van der Waals surface area contributed by atoms with E-state index < -0.39 is 0 Å². The Hall–Kier alpha value is -0.650. The van der Waals surface area contributed by atoms with Crippen LogP contribution in [0.3, 0.4) is 0 Å². The Bertz CT molecular complexity index is 382. The molecular formula is C19H35N3O2. The topological polar surface area (TPSA) is 36.0 Å². The molecule has 0 spiro atoms. The van der Waals surface area contributed by atoms with Gasteiger partial charge < -0.3 is 19.4 Å². The van der Waals surface area contributed by atoms with E-state index in [1.807, 2.05) is 0 Å². The van der Waals surface area contributed by atoms with Gasteiger partial charge in [0.05, 0.1) is 6.61 Å². The third-order valence-electron chi connectivity index (χ3n) is 6.19. The molecule has 0 bridgehead atoms. The fourth-order valence-electron chi connectivity index (χ4n) is 4.35. The lowest BCUT2D eigenvalue weighted by molar-refractivity contribution is -0.133. The van der Waals surface area contributed by atoms with Crippen LogP contribution in [-0.4, -0.2) is 86.2 Å².